The van der Waals surface area contributed by atoms with Crippen LogP contribution in [-0.2, 0) is 4.79 Å². The van der Waals surface area contributed by atoms with Crippen LogP contribution < -0.4 is 15.4 Å². The minimum Gasteiger partial charge on any atom is -0.496 e. The van der Waals surface area contributed by atoms with Gasteiger partial charge in [-0.25, -0.2) is 0 Å². The Labute approximate surface area is 106 Å². The maximum atomic E-state index is 11.8. The molecule has 0 bridgehead atoms. The number of carbonyl (C=O) groups is 2. The van der Waals surface area contributed by atoms with Crippen molar-refractivity contribution in [2.45, 2.75) is 19.3 Å². The van der Waals surface area contributed by atoms with E-state index in [9.17, 15) is 9.59 Å². The van der Waals surface area contributed by atoms with Gasteiger partial charge in [-0.3, -0.25) is 9.59 Å². The summed E-state index contributed by atoms with van der Waals surface area (Å²) in [4.78, 5) is 24.7. The van der Waals surface area contributed by atoms with E-state index in [1.165, 1.54) is 7.11 Å². The second kappa shape index (κ2) is 5.08. The van der Waals surface area contributed by atoms with Crippen LogP contribution in [0.1, 0.15) is 29.6 Å². The fourth-order valence-corrected chi connectivity index (χ4v) is 2.13. The highest BCUT2D eigenvalue weighted by molar-refractivity contribution is 5.98. The number of benzene rings is 1. The summed E-state index contributed by atoms with van der Waals surface area (Å²) in [6.45, 7) is 0.706. The molecular weight excluding hydrogens is 232 g/mol. The summed E-state index contributed by atoms with van der Waals surface area (Å²) in [6, 6.07) is 5.01. The molecule has 1 aromatic rings. The van der Waals surface area contributed by atoms with E-state index in [1.54, 1.807) is 23.1 Å². The van der Waals surface area contributed by atoms with Crippen LogP contribution in [0.5, 0.6) is 5.75 Å². The number of nitrogens with two attached hydrogens (primary N) is 1. The number of methoxy groups -OCH3 is 1. The Morgan fingerprint density at radius 3 is 2.78 bits per heavy atom. The van der Waals surface area contributed by atoms with Gasteiger partial charge in [0.25, 0.3) is 5.91 Å². The van der Waals surface area contributed by atoms with E-state index < -0.39 is 5.91 Å². The molecule has 0 saturated carbocycles. The molecule has 1 heterocycles. The van der Waals surface area contributed by atoms with Gasteiger partial charge < -0.3 is 15.4 Å². The molecule has 0 aliphatic carbocycles. The zero-order valence-corrected chi connectivity index (χ0v) is 10.3. The van der Waals surface area contributed by atoms with Crippen molar-refractivity contribution in [3.63, 3.8) is 0 Å². The average Bonchev–Trinajstić information content (AvgIpc) is 2.38. The Bertz CT molecular complexity index is 485. The van der Waals surface area contributed by atoms with Crippen molar-refractivity contribution < 1.29 is 14.3 Å². The van der Waals surface area contributed by atoms with E-state index in [2.05, 4.69) is 0 Å². The molecule has 1 aliphatic rings. The number of primary amides is 1. The fourth-order valence-electron chi connectivity index (χ4n) is 2.13. The van der Waals surface area contributed by atoms with Gasteiger partial charge in [-0.2, -0.15) is 0 Å². The van der Waals surface area contributed by atoms with E-state index in [1.807, 2.05) is 0 Å². The predicted molar refractivity (Wildman–Crippen MR) is 67.7 cm³/mol. The van der Waals surface area contributed by atoms with Crippen LogP contribution in [0.15, 0.2) is 18.2 Å². The molecular formula is C13H16N2O3. The van der Waals surface area contributed by atoms with Crippen molar-refractivity contribution in [3.05, 3.63) is 23.8 Å². The van der Waals surface area contributed by atoms with Crippen molar-refractivity contribution >= 4 is 17.5 Å². The lowest BCUT2D eigenvalue weighted by atomic mass is 10.1. The summed E-state index contributed by atoms with van der Waals surface area (Å²) in [7, 11) is 1.48. The van der Waals surface area contributed by atoms with Gasteiger partial charge in [0.1, 0.15) is 5.75 Å². The van der Waals surface area contributed by atoms with Crippen molar-refractivity contribution in [3.8, 4) is 5.75 Å². The number of carbonyl (C=O) groups excluding carboxylic acids is 2. The minimum atomic E-state index is -0.539. The van der Waals surface area contributed by atoms with Crippen molar-refractivity contribution in [1.29, 1.82) is 0 Å². The van der Waals surface area contributed by atoms with Crippen molar-refractivity contribution in [1.82, 2.24) is 0 Å². The van der Waals surface area contributed by atoms with E-state index >= 15 is 0 Å². The molecule has 1 aromatic carbocycles. The van der Waals surface area contributed by atoms with E-state index in [4.69, 9.17) is 10.5 Å². The lowest BCUT2D eigenvalue weighted by molar-refractivity contribution is -0.119. The van der Waals surface area contributed by atoms with Gasteiger partial charge >= 0.3 is 0 Å². The van der Waals surface area contributed by atoms with E-state index in [0.717, 1.165) is 18.5 Å². The molecule has 1 aliphatic heterocycles. The first-order valence-corrected chi connectivity index (χ1v) is 5.91. The largest absolute Gasteiger partial charge is 0.496 e. The first-order chi connectivity index (χ1) is 8.63. The van der Waals surface area contributed by atoms with Crippen LogP contribution in [-0.4, -0.2) is 25.5 Å². The Balaban J connectivity index is 2.34. The second-order valence-corrected chi connectivity index (χ2v) is 4.25. The van der Waals surface area contributed by atoms with Crippen LogP contribution in [0.4, 0.5) is 5.69 Å². The number of amides is 2. The molecule has 0 aromatic heterocycles. The minimum absolute atomic E-state index is 0.107. The Kier molecular flexibility index (Phi) is 3.50. The molecule has 1 fully saturated rings. The van der Waals surface area contributed by atoms with Crippen LogP contribution in [0.2, 0.25) is 0 Å². The molecule has 2 rings (SSSR count). The number of nitrogens with zero attached hydrogens (tertiary/aromatic N) is 1. The van der Waals surface area contributed by atoms with Gasteiger partial charge in [0.05, 0.1) is 12.7 Å². The first kappa shape index (κ1) is 12.4. The number of ether oxygens (including phenoxy) is 1. The van der Waals surface area contributed by atoms with Gasteiger partial charge in [0.2, 0.25) is 5.91 Å². The predicted octanol–water partition coefficient (Wildman–Crippen LogP) is 1.31. The van der Waals surface area contributed by atoms with E-state index in [0.29, 0.717) is 24.3 Å². The zero-order valence-electron chi connectivity index (χ0n) is 10.3. The number of piperidine rings is 1. The fraction of sp³-hybridized carbons (Fsp3) is 0.385. The first-order valence-electron chi connectivity index (χ1n) is 5.91. The second-order valence-electron chi connectivity index (χ2n) is 4.25. The number of rotatable bonds is 3. The number of hydrogen-bond acceptors (Lipinski definition) is 3. The molecule has 5 heteroatoms. The molecule has 2 N–H and O–H groups in total. The molecule has 2 amide bonds. The SMILES string of the molecule is COc1cc(N2CCCCC2=O)ccc1C(N)=O. The third-order valence-corrected chi connectivity index (χ3v) is 3.09. The third kappa shape index (κ3) is 2.30. The van der Waals surface area contributed by atoms with Gasteiger partial charge in [-0.15, -0.1) is 0 Å². The van der Waals surface area contributed by atoms with Gasteiger partial charge in [0.15, 0.2) is 0 Å². The highest BCUT2D eigenvalue weighted by atomic mass is 16.5. The van der Waals surface area contributed by atoms with E-state index in [-0.39, 0.29) is 5.91 Å². The maximum absolute atomic E-state index is 11.8. The quantitative estimate of drug-likeness (QED) is 0.876. The number of anilines is 1. The van der Waals surface area contributed by atoms with Gasteiger partial charge in [-0.05, 0) is 25.0 Å². The number of hydrogen-bond donors (Lipinski definition) is 1. The molecule has 0 spiro atoms. The summed E-state index contributed by atoms with van der Waals surface area (Å²) in [5.74, 6) is -0.0307. The summed E-state index contributed by atoms with van der Waals surface area (Å²) in [6.07, 6.45) is 2.50. The highest BCUT2D eigenvalue weighted by Gasteiger charge is 2.21. The highest BCUT2D eigenvalue weighted by Crippen LogP contribution is 2.27. The standard InChI is InChI=1S/C13H16N2O3/c1-18-11-8-9(5-6-10(11)13(14)17)15-7-3-2-4-12(15)16/h5-6,8H,2-4,7H2,1H3,(H2,14,17). The van der Waals surface area contributed by atoms with Crippen molar-refractivity contribution in [2.75, 3.05) is 18.6 Å². The van der Waals surface area contributed by atoms with Gasteiger partial charge in [-0.1, -0.05) is 0 Å². The monoisotopic (exact) mass is 248 g/mol. The summed E-state index contributed by atoms with van der Waals surface area (Å²) >= 11 is 0. The van der Waals surface area contributed by atoms with Crippen LogP contribution in [0.3, 0.4) is 0 Å². The lowest BCUT2D eigenvalue weighted by Crippen LogP contribution is -2.35. The summed E-state index contributed by atoms with van der Waals surface area (Å²) in [5, 5.41) is 0. The average molecular weight is 248 g/mol. The smallest absolute Gasteiger partial charge is 0.252 e. The molecule has 0 unspecified atom stereocenters. The molecule has 0 atom stereocenters. The Hall–Kier alpha value is -2.04. The normalized spacial score (nSPS) is 15.6. The molecule has 96 valence electrons. The Morgan fingerprint density at radius 1 is 1.39 bits per heavy atom. The summed E-state index contributed by atoms with van der Waals surface area (Å²) < 4.78 is 5.13. The third-order valence-electron chi connectivity index (χ3n) is 3.09. The molecule has 1 saturated heterocycles. The van der Waals surface area contributed by atoms with Gasteiger partial charge in [0, 0.05) is 24.7 Å². The van der Waals surface area contributed by atoms with Crippen LogP contribution in [0, 0.1) is 0 Å². The lowest BCUT2D eigenvalue weighted by Gasteiger charge is -2.27. The molecule has 18 heavy (non-hydrogen) atoms. The van der Waals surface area contributed by atoms with Crippen molar-refractivity contribution in [2.24, 2.45) is 5.73 Å². The zero-order chi connectivity index (χ0) is 13.1. The summed E-state index contributed by atoms with van der Waals surface area (Å²) in [5.41, 5.74) is 6.32. The van der Waals surface area contributed by atoms with Crippen LogP contribution >= 0.6 is 0 Å². The maximum Gasteiger partial charge on any atom is 0.252 e. The van der Waals surface area contributed by atoms with Crippen LogP contribution in [0.25, 0.3) is 0 Å². The Morgan fingerprint density at radius 2 is 2.17 bits per heavy atom. The molecule has 0 radical (unpaired) electrons. The molecule has 5 nitrogen and oxygen atoms in total. The topological polar surface area (TPSA) is 72.6 Å².